The summed E-state index contributed by atoms with van der Waals surface area (Å²) >= 11 is 0. The van der Waals surface area contributed by atoms with E-state index in [4.69, 9.17) is 5.73 Å². The molecule has 0 amide bonds. The maximum atomic E-state index is 9.53. The molecule has 0 saturated heterocycles. The average molecular weight is 179 g/mol. The Labute approximate surface area is 79.4 Å². The van der Waals surface area contributed by atoms with Crippen molar-refractivity contribution in [3.8, 4) is 0 Å². The molecule has 1 aromatic carbocycles. The number of aliphatic hydroxyl groups is 1. The summed E-state index contributed by atoms with van der Waals surface area (Å²) < 4.78 is 0. The maximum Gasteiger partial charge on any atom is 0.0787 e. The molecule has 72 valence electrons. The minimum atomic E-state index is -0.345. The number of hydrogen-bond acceptors (Lipinski definition) is 2. The van der Waals surface area contributed by atoms with Crippen LogP contribution in [-0.4, -0.2) is 5.11 Å². The van der Waals surface area contributed by atoms with Crippen LogP contribution in [0, 0.1) is 0 Å². The zero-order valence-electron chi connectivity index (χ0n) is 8.20. The highest BCUT2D eigenvalue weighted by Gasteiger charge is 2.04. The first-order valence-electron chi connectivity index (χ1n) is 4.68. The number of benzene rings is 1. The van der Waals surface area contributed by atoms with Crippen molar-refractivity contribution in [2.45, 2.75) is 32.4 Å². The van der Waals surface area contributed by atoms with Gasteiger partial charge in [0.15, 0.2) is 0 Å². The van der Waals surface area contributed by atoms with E-state index < -0.39 is 0 Å². The largest absolute Gasteiger partial charge is 0.388 e. The molecule has 13 heavy (non-hydrogen) atoms. The molecule has 0 spiro atoms. The molecule has 2 unspecified atom stereocenters. The Morgan fingerprint density at radius 3 is 2.08 bits per heavy atom. The maximum absolute atomic E-state index is 9.53. The average Bonchev–Trinajstić information content (AvgIpc) is 2.17. The van der Waals surface area contributed by atoms with E-state index in [9.17, 15) is 5.11 Å². The van der Waals surface area contributed by atoms with Crippen molar-refractivity contribution in [2.24, 2.45) is 5.73 Å². The molecule has 2 heteroatoms. The van der Waals surface area contributed by atoms with Gasteiger partial charge >= 0.3 is 0 Å². The van der Waals surface area contributed by atoms with E-state index in [-0.39, 0.29) is 12.1 Å². The van der Waals surface area contributed by atoms with Gasteiger partial charge in [-0.3, -0.25) is 0 Å². The van der Waals surface area contributed by atoms with E-state index in [1.807, 2.05) is 38.1 Å². The number of aliphatic hydroxyl groups excluding tert-OH is 1. The van der Waals surface area contributed by atoms with Crippen molar-refractivity contribution in [1.29, 1.82) is 0 Å². The standard InChI is InChI=1S/C11H17NO/c1-3-11(13)10-6-4-9(5-7-10)8(2)12/h4-8,11,13H,3,12H2,1-2H3. The van der Waals surface area contributed by atoms with Crippen LogP contribution < -0.4 is 5.73 Å². The zero-order valence-corrected chi connectivity index (χ0v) is 8.20. The van der Waals surface area contributed by atoms with Gasteiger partial charge in [0, 0.05) is 6.04 Å². The van der Waals surface area contributed by atoms with E-state index in [2.05, 4.69) is 0 Å². The smallest absolute Gasteiger partial charge is 0.0787 e. The van der Waals surface area contributed by atoms with Gasteiger partial charge in [0.25, 0.3) is 0 Å². The first-order valence-corrected chi connectivity index (χ1v) is 4.68. The van der Waals surface area contributed by atoms with Crippen molar-refractivity contribution in [3.63, 3.8) is 0 Å². The summed E-state index contributed by atoms with van der Waals surface area (Å²) in [6.07, 6.45) is 0.402. The van der Waals surface area contributed by atoms with Crippen LogP contribution in [-0.2, 0) is 0 Å². The predicted octanol–water partition coefficient (Wildman–Crippen LogP) is 2.15. The highest BCUT2D eigenvalue weighted by molar-refractivity contribution is 5.25. The van der Waals surface area contributed by atoms with Gasteiger partial charge in [-0.15, -0.1) is 0 Å². The van der Waals surface area contributed by atoms with Crippen LogP contribution in [0.2, 0.25) is 0 Å². The number of rotatable bonds is 3. The van der Waals surface area contributed by atoms with E-state index in [1.54, 1.807) is 0 Å². The third-order valence-electron chi connectivity index (χ3n) is 2.23. The van der Waals surface area contributed by atoms with Gasteiger partial charge in [-0.25, -0.2) is 0 Å². The SMILES string of the molecule is CCC(O)c1ccc(C(C)N)cc1. The summed E-state index contributed by atoms with van der Waals surface area (Å²) in [5.41, 5.74) is 7.78. The number of hydrogen-bond donors (Lipinski definition) is 2. The molecule has 2 nitrogen and oxygen atoms in total. The van der Waals surface area contributed by atoms with Crippen LogP contribution in [0.1, 0.15) is 43.5 Å². The zero-order chi connectivity index (χ0) is 9.84. The normalized spacial score (nSPS) is 15.4. The highest BCUT2D eigenvalue weighted by Crippen LogP contribution is 2.18. The van der Waals surface area contributed by atoms with Gasteiger partial charge in [0.1, 0.15) is 0 Å². The summed E-state index contributed by atoms with van der Waals surface area (Å²) in [6, 6.07) is 7.88. The van der Waals surface area contributed by atoms with Gasteiger partial charge in [-0.1, -0.05) is 31.2 Å². The molecular weight excluding hydrogens is 162 g/mol. The van der Waals surface area contributed by atoms with Crippen LogP contribution in [0.4, 0.5) is 0 Å². The van der Waals surface area contributed by atoms with Crippen LogP contribution in [0.15, 0.2) is 24.3 Å². The lowest BCUT2D eigenvalue weighted by molar-refractivity contribution is 0.173. The van der Waals surface area contributed by atoms with Crippen LogP contribution in [0.3, 0.4) is 0 Å². The molecule has 0 aliphatic carbocycles. The first kappa shape index (κ1) is 10.2. The number of nitrogens with two attached hydrogens (primary N) is 1. The monoisotopic (exact) mass is 179 g/mol. The van der Waals surface area contributed by atoms with Crippen LogP contribution >= 0.6 is 0 Å². The van der Waals surface area contributed by atoms with Gasteiger partial charge in [0.2, 0.25) is 0 Å². The Balaban J connectivity index is 2.81. The Hall–Kier alpha value is -0.860. The van der Waals surface area contributed by atoms with Crippen molar-refractivity contribution in [2.75, 3.05) is 0 Å². The predicted molar refractivity (Wildman–Crippen MR) is 54.3 cm³/mol. The Morgan fingerprint density at radius 1 is 1.23 bits per heavy atom. The Bertz CT molecular complexity index is 253. The van der Waals surface area contributed by atoms with E-state index in [0.717, 1.165) is 17.5 Å². The molecule has 0 bridgehead atoms. The van der Waals surface area contributed by atoms with E-state index in [0.29, 0.717) is 0 Å². The van der Waals surface area contributed by atoms with Gasteiger partial charge < -0.3 is 10.8 Å². The molecule has 3 N–H and O–H groups in total. The van der Waals surface area contributed by atoms with Crippen molar-refractivity contribution in [3.05, 3.63) is 35.4 Å². The molecule has 0 aromatic heterocycles. The van der Waals surface area contributed by atoms with Crippen molar-refractivity contribution < 1.29 is 5.11 Å². The molecule has 0 aliphatic rings. The molecule has 0 heterocycles. The lowest BCUT2D eigenvalue weighted by atomic mass is 10.0. The van der Waals surface area contributed by atoms with Crippen molar-refractivity contribution in [1.82, 2.24) is 0 Å². The summed E-state index contributed by atoms with van der Waals surface area (Å²) in [5.74, 6) is 0. The summed E-state index contributed by atoms with van der Waals surface area (Å²) in [5, 5.41) is 9.53. The first-order chi connectivity index (χ1) is 6.15. The fourth-order valence-corrected chi connectivity index (χ4v) is 1.26. The molecular formula is C11H17NO. The fraction of sp³-hybridized carbons (Fsp3) is 0.455. The fourth-order valence-electron chi connectivity index (χ4n) is 1.26. The molecule has 0 saturated carbocycles. The summed E-state index contributed by atoms with van der Waals surface area (Å²) in [6.45, 7) is 3.91. The quantitative estimate of drug-likeness (QED) is 0.746. The molecule has 0 aliphatic heterocycles. The lowest BCUT2D eigenvalue weighted by Crippen LogP contribution is -2.05. The third kappa shape index (κ3) is 2.54. The second-order valence-electron chi connectivity index (χ2n) is 3.38. The lowest BCUT2D eigenvalue weighted by Gasteiger charge is -2.10. The van der Waals surface area contributed by atoms with Gasteiger partial charge in [0.05, 0.1) is 6.10 Å². The van der Waals surface area contributed by atoms with E-state index in [1.165, 1.54) is 0 Å². The molecule has 1 rings (SSSR count). The summed E-state index contributed by atoms with van der Waals surface area (Å²) in [4.78, 5) is 0. The van der Waals surface area contributed by atoms with Crippen molar-refractivity contribution >= 4 is 0 Å². The van der Waals surface area contributed by atoms with Gasteiger partial charge in [-0.05, 0) is 24.5 Å². The van der Waals surface area contributed by atoms with E-state index >= 15 is 0 Å². The Morgan fingerprint density at radius 2 is 1.69 bits per heavy atom. The third-order valence-corrected chi connectivity index (χ3v) is 2.23. The van der Waals surface area contributed by atoms with Crippen LogP contribution in [0.5, 0.6) is 0 Å². The second kappa shape index (κ2) is 4.40. The van der Waals surface area contributed by atoms with Crippen LogP contribution in [0.25, 0.3) is 0 Å². The molecule has 2 atom stereocenters. The molecule has 0 fully saturated rings. The highest BCUT2D eigenvalue weighted by atomic mass is 16.3. The second-order valence-corrected chi connectivity index (χ2v) is 3.38. The van der Waals surface area contributed by atoms with Gasteiger partial charge in [-0.2, -0.15) is 0 Å². The Kier molecular flexibility index (Phi) is 3.46. The summed E-state index contributed by atoms with van der Waals surface area (Å²) in [7, 11) is 0. The minimum absolute atomic E-state index is 0.0628. The molecule has 0 radical (unpaired) electrons. The molecule has 1 aromatic rings. The minimum Gasteiger partial charge on any atom is -0.388 e. The topological polar surface area (TPSA) is 46.2 Å².